The van der Waals surface area contributed by atoms with Gasteiger partial charge in [0.05, 0.1) is 23.5 Å². The van der Waals surface area contributed by atoms with E-state index in [1.54, 1.807) is 36.4 Å². The molecule has 11 heteroatoms. The lowest BCUT2D eigenvalue weighted by Crippen LogP contribution is -2.24. The van der Waals surface area contributed by atoms with Gasteiger partial charge in [-0.25, -0.2) is 10.1 Å². The van der Waals surface area contributed by atoms with Gasteiger partial charge in [-0.1, -0.05) is 0 Å². The fourth-order valence-corrected chi connectivity index (χ4v) is 2.62. The Bertz CT molecular complexity index is 976. The number of phenolic OH excluding ortho intramolecular Hbond substituents is 1. The Labute approximate surface area is 167 Å². The van der Waals surface area contributed by atoms with E-state index in [1.807, 2.05) is 0 Å². The number of phenols is 1. The molecule has 2 N–H and O–H groups in total. The molecular formula is C17H15BrN6O4. The summed E-state index contributed by atoms with van der Waals surface area (Å²) in [6.45, 7) is -0.204. The summed E-state index contributed by atoms with van der Waals surface area (Å²) in [7, 11) is 1.44. The van der Waals surface area contributed by atoms with Gasteiger partial charge in [-0.3, -0.25) is 4.79 Å². The number of nitrogens with zero attached hydrogens (tertiary/aromatic N) is 5. The van der Waals surface area contributed by atoms with E-state index in [0.717, 1.165) is 5.69 Å². The maximum atomic E-state index is 11.8. The molecule has 144 valence electrons. The molecule has 0 fully saturated rings. The second-order valence-corrected chi connectivity index (χ2v) is 6.24. The molecule has 0 bridgehead atoms. The zero-order valence-electron chi connectivity index (χ0n) is 14.6. The van der Waals surface area contributed by atoms with Gasteiger partial charge in [-0.05, 0) is 68.3 Å². The molecule has 0 atom stereocenters. The van der Waals surface area contributed by atoms with E-state index in [-0.39, 0.29) is 18.1 Å². The molecule has 0 saturated carbocycles. The van der Waals surface area contributed by atoms with Gasteiger partial charge in [-0.2, -0.15) is 5.10 Å². The highest BCUT2D eigenvalue weighted by Gasteiger charge is 2.08. The lowest BCUT2D eigenvalue weighted by Gasteiger charge is -2.07. The smallest absolute Gasteiger partial charge is 0.277 e. The molecule has 1 amide bonds. The Hall–Kier alpha value is -3.47. The Morgan fingerprint density at radius 3 is 2.82 bits per heavy atom. The van der Waals surface area contributed by atoms with Crippen LogP contribution < -0.4 is 14.9 Å². The number of benzene rings is 2. The molecule has 10 nitrogen and oxygen atoms in total. The largest absolute Gasteiger partial charge is 0.503 e. The van der Waals surface area contributed by atoms with E-state index in [0.29, 0.717) is 15.8 Å². The summed E-state index contributed by atoms with van der Waals surface area (Å²) in [6.07, 6.45) is 2.90. The minimum Gasteiger partial charge on any atom is -0.503 e. The van der Waals surface area contributed by atoms with Crippen molar-refractivity contribution in [3.8, 4) is 22.9 Å². The van der Waals surface area contributed by atoms with Crippen LogP contribution in [0.1, 0.15) is 5.56 Å². The average Bonchev–Trinajstić information content (AvgIpc) is 3.24. The Kier molecular flexibility index (Phi) is 6.17. The summed E-state index contributed by atoms with van der Waals surface area (Å²) in [5.74, 6) is 0.368. The van der Waals surface area contributed by atoms with Crippen molar-refractivity contribution >= 4 is 28.1 Å². The van der Waals surface area contributed by atoms with Gasteiger partial charge in [0.2, 0.25) is 0 Å². The molecule has 2 aromatic carbocycles. The molecule has 28 heavy (non-hydrogen) atoms. The highest BCUT2D eigenvalue weighted by molar-refractivity contribution is 9.10. The van der Waals surface area contributed by atoms with Crippen LogP contribution in [0.5, 0.6) is 17.2 Å². The van der Waals surface area contributed by atoms with Gasteiger partial charge in [0, 0.05) is 0 Å². The first kappa shape index (κ1) is 19.3. The zero-order chi connectivity index (χ0) is 19.9. The van der Waals surface area contributed by atoms with E-state index >= 15 is 0 Å². The van der Waals surface area contributed by atoms with Crippen LogP contribution in [0.25, 0.3) is 5.69 Å². The third kappa shape index (κ3) is 4.82. The van der Waals surface area contributed by atoms with Crippen LogP contribution in [0, 0.1) is 0 Å². The second-order valence-electron chi connectivity index (χ2n) is 5.38. The van der Waals surface area contributed by atoms with Gasteiger partial charge >= 0.3 is 0 Å². The first-order valence-electron chi connectivity index (χ1n) is 7.91. The number of ether oxygens (including phenoxy) is 2. The minimum absolute atomic E-state index is 0.0109. The number of aromatic hydroxyl groups is 1. The highest BCUT2D eigenvalue weighted by Crippen LogP contribution is 2.34. The number of amides is 1. The second kappa shape index (κ2) is 8.95. The van der Waals surface area contributed by atoms with Crippen molar-refractivity contribution in [2.45, 2.75) is 0 Å². The van der Waals surface area contributed by atoms with Crippen molar-refractivity contribution in [1.82, 2.24) is 25.6 Å². The molecular weight excluding hydrogens is 432 g/mol. The number of hydrogen-bond acceptors (Lipinski definition) is 8. The maximum Gasteiger partial charge on any atom is 0.277 e. The Morgan fingerprint density at radius 2 is 2.14 bits per heavy atom. The standard InChI is InChI=1S/C17H15BrN6O4/c1-27-15-7-11(6-14(18)17(15)26)8-19-21-16(25)9-28-13-4-2-12(3-5-13)24-10-20-22-23-24/h2-8,10,26H,9H2,1H3,(H,21,25). The summed E-state index contributed by atoms with van der Waals surface area (Å²) in [5, 5.41) is 24.5. The minimum atomic E-state index is -0.425. The third-order valence-electron chi connectivity index (χ3n) is 3.49. The molecule has 0 aliphatic carbocycles. The molecule has 3 rings (SSSR count). The van der Waals surface area contributed by atoms with Gasteiger partial charge in [0.1, 0.15) is 12.1 Å². The Balaban J connectivity index is 1.51. The van der Waals surface area contributed by atoms with Crippen molar-refractivity contribution in [3.05, 3.63) is 52.8 Å². The lowest BCUT2D eigenvalue weighted by atomic mass is 10.2. The van der Waals surface area contributed by atoms with Gasteiger partial charge < -0.3 is 14.6 Å². The number of hydrazone groups is 1. The topological polar surface area (TPSA) is 124 Å². The lowest BCUT2D eigenvalue weighted by molar-refractivity contribution is -0.123. The van der Waals surface area contributed by atoms with E-state index in [9.17, 15) is 9.90 Å². The van der Waals surface area contributed by atoms with E-state index in [4.69, 9.17) is 9.47 Å². The molecule has 3 aromatic rings. The van der Waals surface area contributed by atoms with Gasteiger partial charge in [0.25, 0.3) is 5.91 Å². The average molecular weight is 447 g/mol. The highest BCUT2D eigenvalue weighted by atomic mass is 79.9. The number of rotatable bonds is 7. The van der Waals surface area contributed by atoms with Crippen molar-refractivity contribution < 1.29 is 19.4 Å². The molecule has 0 radical (unpaired) electrons. The molecule has 1 aromatic heterocycles. The molecule has 0 spiro atoms. The normalized spacial score (nSPS) is 10.8. The van der Waals surface area contributed by atoms with Gasteiger partial charge in [-0.15, -0.1) is 5.10 Å². The molecule has 0 aliphatic rings. The fourth-order valence-electron chi connectivity index (χ4n) is 2.16. The number of methoxy groups -OCH3 is 1. The maximum absolute atomic E-state index is 11.8. The summed E-state index contributed by atoms with van der Waals surface area (Å²) >= 11 is 3.22. The fraction of sp³-hybridized carbons (Fsp3) is 0.118. The van der Waals surface area contributed by atoms with Crippen LogP contribution in [0.4, 0.5) is 0 Å². The summed E-state index contributed by atoms with van der Waals surface area (Å²) < 4.78 is 12.4. The number of tetrazole rings is 1. The number of nitrogens with one attached hydrogen (secondary N) is 1. The van der Waals surface area contributed by atoms with Crippen LogP contribution >= 0.6 is 15.9 Å². The Morgan fingerprint density at radius 1 is 1.36 bits per heavy atom. The number of aromatic nitrogens is 4. The quantitative estimate of drug-likeness (QED) is 0.417. The number of halogens is 1. The number of hydrogen-bond donors (Lipinski definition) is 2. The van der Waals surface area contributed by atoms with Crippen molar-refractivity contribution in [2.75, 3.05) is 13.7 Å². The van der Waals surface area contributed by atoms with Crippen LogP contribution in [0.2, 0.25) is 0 Å². The zero-order valence-corrected chi connectivity index (χ0v) is 16.2. The first-order valence-corrected chi connectivity index (χ1v) is 8.70. The van der Waals surface area contributed by atoms with Crippen LogP contribution in [-0.2, 0) is 4.79 Å². The molecule has 1 heterocycles. The van der Waals surface area contributed by atoms with Crippen LogP contribution in [0.3, 0.4) is 0 Å². The van der Waals surface area contributed by atoms with Crippen molar-refractivity contribution in [1.29, 1.82) is 0 Å². The van der Waals surface area contributed by atoms with Crippen molar-refractivity contribution in [2.24, 2.45) is 5.10 Å². The molecule has 0 aliphatic heterocycles. The van der Waals surface area contributed by atoms with E-state index in [2.05, 4.69) is 42.0 Å². The summed E-state index contributed by atoms with van der Waals surface area (Å²) in [6, 6.07) is 10.1. The van der Waals surface area contributed by atoms with Crippen molar-refractivity contribution in [3.63, 3.8) is 0 Å². The van der Waals surface area contributed by atoms with E-state index < -0.39 is 5.91 Å². The van der Waals surface area contributed by atoms with Crippen LogP contribution in [0.15, 0.2) is 52.3 Å². The monoisotopic (exact) mass is 446 g/mol. The number of carbonyl (C=O) groups is 1. The third-order valence-corrected chi connectivity index (χ3v) is 4.10. The molecule has 0 unspecified atom stereocenters. The van der Waals surface area contributed by atoms with Gasteiger partial charge in [0.15, 0.2) is 18.1 Å². The summed E-state index contributed by atoms with van der Waals surface area (Å²) in [4.78, 5) is 11.8. The predicted octanol–water partition coefficient (Wildman–Crippen LogP) is 1.67. The molecule has 0 saturated heterocycles. The number of carbonyl (C=O) groups excluding carboxylic acids is 1. The first-order chi connectivity index (χ1) is 13.6. The SMILES string of the molecule is COc1cc(C=NNC(=O)COc2ccc(-n3cnnn3)cc2)cc(Br)c1O. The predicted molar refractivity (Wildman–Crippen MR) is 103 cm³/mol. The summed E-state index contributed by atoms with van der Waals surface area (Å²) in [5.41, 5.74) is 3.75. The van der Waals surface area contributed by atoms with Crippen LogP contribution in [-0.4, -0.2) is 51.2 Å². The van der Waals surface area contributed by atoms with E-state index in [1.165, 1.54) is 24.3 Å².